The summed E-state index contributed by atoms with van der Waals surface area (Å²) in [7, 11) is 0. The molecule has 0 aliphatic carbocycles. The van der Waals surface area contributed by atoms with Crippen molar-refractivity contribution < 1.29 is 29.4 Å². The molecule has 0 saturated carbocycles. The standard InChI is InChI=1S/C15H18N4O6/c16-9-5-11(14(23)24)19(7-9)12(20)6-17-15(25)18-10-3-1-2-8(4-10)13(21)22/h1-4,9,11H,5-7,16H2,(H,21,22)(H,23,24)(H2,17,18,25). The van der Waals surface area contributed by atoms with E-state index in [-0.39, 0.29) is 24.2 Å². The van der Waals surface area contributed by atoms with E-state index in [0.29, 0.717) is 0 Å². The number of carbonyl (C=O) groups is 4. The smallest absolute Gasteiger partial charge is 0.335 e. The van der Waals surface area contributed by atoms with Crippen molar-refractivity contribution in [1.82, 2.24) is 10.2 Å². The Balaban J connectivity index is 1.89. The third kappa shape index (κ3) is 4.67. The first-order valence-electron chi connectivity index (χ1n) is 7.44. The van der Waals surface area contributed by atoms with Crippen molar-refractivity contribution in [1.29, 1.82) is 0 Å². The summed E-state index contributed by atoms with van der Waals surface area (Å²) >= 11 is 0. The number of nitrogens with two attached hydrogens (primary N) is 1. The van der Waals surface area contributed by atoms with E-state index < -0.39 is 42.5 Å². The normalized spacial score (nSPS) is 19.3. The first-order valence-corrected chi connectivity index (χ1v) is 7.44. The number of carbonyl (C=O) groups excluding carboxylic acids is 2. The molecule has 6 N–H and O–H groups in total. The molecule has 2 rings (SSSR count). The van der Waals surface area contributed by atoms with Gasteiger partial charge < -0.3 is 31.5 Å². The largest absolute Gasteiger partial charge is 0.480 e. The molecule has 0 radical (unpaired) electrons. The van der Waals surface area contributed by atoms with Gasteiger partial charge >= 0.3 is 18.0 Å². The lowest BCUT2D eigenvalue weighted by molar-refractivity contribution is -0.147. The molecule has 0 bridgehead atoms. The van der Waals surface area contributed by atoms with Gasteiger partial charge in [0.15, 0.2) is 0 Å². The summed E-state index contributed by atoms with van der Waals surface area (Å²) in [5, 5.41) is 22.7. The van der Waals surface area contributed by atoms with E-state index in [0.717, 1.165) is 4.90 Å². The molecule has 10 heteroatoms. The van der Waals surface area contributed by atoms with Crippen molar-refractivity contribution in [3.8, 4) is 0 Å². The first kappa shape index (κ1) is 18.2. The summed E-state index contributed by atoms with van der Waals surface area (Å²) in [6, 6.07) is 3.46. The number of hydrogen-bond acceptors (Lipinski definition) is 5. The van der Waals surface area contributed by atoms with Gasteiger partial charge in [0.1, 0.15) is 6.04 Å². The van der Waals surface area contributed by atoms with Crippen LogP contribution in [0.15, 0.2) is 24.3 Å². The van der Waals surface area contributed by atoms with E-state index in [1.807, 2.05) is 0 Å². The molecule has 1 aliphatic rings. The fraction of sp³-hybridized carbons (Fsp3) is 0.333. The molecule has 1 aromatic rings. The van der Waals surface area contributed by atoms with Crippen LogP contribution in [0.25, 0.3) is 0 Å². The van der Waals surface area contributed by atoms with Gasteiger partial charge in [-0.15, -0.1) is 0 Å². The summed E-state index contributed by atoms with van der Waals surface area (Å²) in [6.07, 6.45) is 0.162. The molecule has 1 aromatic carbocycles. The van der Waals surface area contributed by atoms with Gasteiger partial charge in [0.2, 0.25) is 5.91 Å². The number of urea groups is 1. The Morgan fingerprint density at radius 1 is 1.24 bits per heavy atom. The van der Waals surface area contributed by atoms with Crippen LogP contribution < -0.4 is 16.4 Å². The minimum atomic E-state index is -1.14. The van der Waals surface area contributed by atoms with Crippen molar-refractivity contribution in [2.24, 2.45) is 5.73 Å². The molecule has 1 saturated heterocycles. The quantitative estimate of drug-likeness (QED) is 0.479. The summed E-state index contributed by atoms with van der Waals surface area (Å²) < 4.78 is 0. The van der Waals surface area contributed by atoms with Crippen molar-refractivity contribution in [2.45, 2.75) is 18.5 Å². The number of hydrogen-bond donors (Lipinski definition) is 5. The third-order valence-corrected chi connectivity index (χ3v) is 3.71. The van der Waals surface area contributed by atoms with E-state index in [1.54, 1.807) is 0 Å². The maximum atomic E-state index is 12.1. The average molecular weight is 350 g/mol. The zero-order chi connectivity index (χ0) is 18.6. The molecule has 3 amide bonds. The number of likely N-dealkylation sites (tertiary alicyclic amines) is 1. The first-order chi connectivity index (χ1) is 11.8. The number of nitrogens with one attached hydrogen (secondary N) is 2. The van der Waals surface area contributed by atoms with Crippen molar-refractivity contribution in [3.63, 3.8) is 0 Å². The molecule has 0 aromatic heterocycles. The van der Waals surface area contributed by atoms with Gasteiger partial charge in [0.05, 0.1) is 12.1 Å². The Bertz CT molecular complexity index is 707. The van der Waals surface area contributed by atoms with Gasteiger partial charge in [-0.3, -0.25) is 4.79 Å². The number of carboxylic acid groups (broad SMARTS) is 2. The number of benzene rings is 1. The lowest BCUT2D eigenvalue weighted by atomic mass is 10.2. The van der Waals surface area contributed by atoms with Crippen LogP contribution in [-0.4, -0.2) is 64.2 Å². The highest BCUT2D eigenvalue weighted by Gasteiger charge is 2.37. The molecule has 10 nitrogen and oxygen atoms in total. The summed E-state index contributed by atoms with van der Waals surface area (Å²) in [5.41, 5.74) is 5.93. The van der Waals surface area contributed by atoms with Gasteiger partial charge in [0, 0.05) is 18.3 Å². The van der Waals surface area contributed by atoms with E-state index in [2.05, 4.69) is 10.6 Å². The van der Waals surface area contributed by atoms with Crippen molar-refractivity contribution in [3.05, 3.63) is 29.8 Å². The zero-order valence-corrected chi connectivity index (χ0v) is 13.1. The van der Waals surface area contributed by atoms with Crippen LogP contribution >= 0.6 is 0 Å². The Kier molecular flexibility index (Phi) is 5.55. The molecular formula is C15H18N4O6. The van der Waals surface area contributed by atoms with E-state index in [1.165, 1.54) is 24.3 Å². The highest BCUT2D eigenvalue weighted by atomic mass is 16.4. The van der Waals surface area contributed by atoms with E-state index in [4.69, 9.17) is 15.9 Å². The Morgan fingerprint density at radius 3 is 2.60 bits per heavy atom. The summed E-state index contributed by atoms with van der Waals surface area (Å²) in [4.78, 5) is 47.0. The van der Waals surface area contributed by atoms with Gasteiger partial charge in [0.25, 0.3) is 0 Å². The van der Waals surface area contributed by atoms with Gasteiger partial charge in [-0.1, -0.05) is 6.07 Å². The van der Waals surface area contributed by atoms with Crippen LogP contribution in [-0.2, 0) is 9.59 Å². The maximum Gasteiger partial charge on any atom is 0.335 e. The number of aromatic carboxylic acids is 1. The predicted octanol–water partition coefficient (Wildman–Crippen LogP) is -0.481. The van der Waals surface area contributed by atoms with Gasteiger partial charge in [-0.2, -0.15) is 0 Å². The highest BCUT2D eigenvalue weighted by Crippen LogP contribution is 2.16. The maximum absolute atomic E-state index is 12.1. The molecule has 134 valence electrons. The van der Waals surface area contributed by atoms with Gasteiger partial charge in [-0.25, -0.2) is 14.4 Å². The monoisotopic (exact) mass is 350 g/mol. The second-order valence-electron chi connectivity index (χ2n) is 5.59. The van der Waals surface area contributed by atoms with Crippen molar-refractivity contribution >= 4 is 29.6 Å². The lowest BCUT2D eigenvalue weighted by Crippen LogP contribution is -2.46. The van der Waals surface area contributed by atoms with Crippen LogP contribution in [0.2, 0.25) is 0 Å². The second kappa shape index (κ2) is 7.62. The number of anilines is 1. The SMILES string of the molecule is NC1CC(C(=O)O)N(C(=O)CNC(=O)Nc2cccc(C(=O)O)c2)C1. The molecular weight excluding hydrogens is 332 g/mol. The average Bonchev–Trinajstić information content (AvgIpc) is 2.95. The molecule has 1 aliphatic heterocycles. The predicted molar refractivity (Wildman–Crippen MR) is 86.2 cm³/mol. The minimum absolute atomic E-state index is 0.00392. The minimum Gasteiger partial charge on any atom is -0.480 e. The zero-order valence-electron chi connectivity index (χ0n) is 13.1. The molecule has 1 heterocycles. The summed E-state index contributed by atoms with van der Waals surface area (Å²) in [6.45, 7) is -0.291. The fourth-order valence-corrected chi connectivity index (χ4v) is 2.54. The number of rotatable bonds is 5. The molecule has 2 atom stereocenters. The lowest BCUT2D eigenvalue weighted by Gasteiger charge is -2.21. The van der Waals surface area contributed by atoms with E-state index >= 15 is 0 Å². The number of carboxylic acids is 2. The molecule has 2 unspecified atom stereocenters. The summed E-state index contributed by atoms with van der Waals surface area (Å²) in [5.74, 6) is -2.84. The fourth-order valence-electron chi connectivity index (χ4n) is 2.54. The van der Waals surface area contributed by atoms with E-state index in [9.17, 15) is 19.2 Å². The number of nitrogens with zero attached hydrogens (tertiary/aromatic N) is 1. The number of aliphatic carboxylic acids is 1. The van der Waals surface area contributed by atoms with Gasteiger partial charge in [-0.05, 0) is 24.6 Å². The molecule has 1 fully saturated rings. The van der Waals surface area contributed by atoms with Crippen LogP contribution in [0.4, 0.5) is 10.5 Å². The van der Waals surface area contributed by atoms with Crippen LogP contribution in [0.1, 0.15) is 16.8 Å². The Labute approximate surface area is 142 Å². The molecule has 25 heavy (non-hydrogen) atoms. The topological polar surface area (TPSA) is 162 Å². The van der Waals surface area contributed by atoms with Crippen LogP contribution in [0.3, 0.4) is 0 Å². The molecule has 0 spiro atoms. The third-order valence-electron chi connectivity index (χ3n) is 3.71. The Hall–Kier alpha value is -3.14. The van der Waals surface area contributed by atoms with Crippen LogP contribution in [0, 0.1) is 0 Å². The highest BCUT2D eigenvalue weighted by molar-refractivity contribution is 5.95. The Morgan fingerprint density at radius 2 is 1.96 bits per heavy atom. The second-order valence-corrected chi connectivity index (χ2v) is 5.59. The van der Waals surface area contributed by atoms with Crippen molar-refractivity contribution in [2.75, 3.05) is 18.4 Å². The number of amides is 3. The van der Waals surface area contributed by atoms with Crippen LogP contribution in [0.5, 0.6) is 0 Å².